The Balaban J connectivity index is 1.86. The number of pyridine rings is 1. The summed E-state index contributed by atoms with van der Waals surface area (Å²) in [5, 5.41) is 13.1. The molecule has 0 saturated heterocycles. The summed E-state index contributed by atoms with van der Waals surface area (Å²) >= 11 is 0. The van der Waals surface area contributed by atoms with Gasteiger partial charge >= 0.3 is 12.3 Å². The fourth-order valence-corrected chi connectivity index (χ4v) is 2.40. The van der Waals surface area contributed by atoms with E-state index in [9.17, 15) is 22.8 Å². The van der Waals surface area contributed by atoms with E-state index in [1.54, 1.807) is 16.7 Å². The van der Waals surface area contributed by atoms with Crippen LogP contribution in [0.4, 0.5) is 18.0 Å². The fourth-order valence-electron chi connectivity index (χ4n) is 2.40. The molecule has 0 fully saturated rings. The Bertz CT molecular complexity index is 778. The van der Waals surface area contributed by atoms with Gasteiger partial charge in [0.15, 0.2) is 18.1 Å². The van der Waals surface area contributed by atoms with E-state index >= 15 is 0 Å². The number of rotatable bonds is 8. The van der Waals surface area contributed by atoms with Crippen molar-refractivity contribution in [3.8, 4) is 0 Å². The summed E-state index contributed by atoms with van der Waals surface area (Å²) in [5.74, 6) is 0.204. The summed E-state index contributed by atoms with van der Waals surface area (Å²) in [6.45, 7) is 0.131. The minimum absolute atomic E-state index is 0.113. The quantitative estimate of drug-likeness (QED) is 0.725. The number of fused-ring (bicyclic) bond motifs is 1. The van der Waals surface area contributed by atoms with Crippen LogP contribution in [-0.2, 0) is 9.53 Å². The van der Waals surface area contributed by atoms with Crippen molar-refractivity contribution in [3.63, 3.8) is 0 Å². The first-order valence-corrected chi connectivity index (χ1v) is 8.36. The molecule has 0 aromatic carbocycles. The van der Waals surface area contributed by atoms with Gasteiger partial charge in [-0.25, -0.2) is 4.79 Å². The molecule has 2 amide bonds. The van der Waals surface area contributed by atoms with Crippen molar-refractivity contribution in [2.24, 2.45) is 0 Å². The van der Waals surface area contributed by atoms with E-state index in [0.717, 1.165) is 6.42 Å². The average Bonchev–Trinajstić information content (AvgIpc) is 3.03. The Morgan fingerprint density at radius 1 is 1.30 bits per heavy atom. The number of aromatic nitrogens is 3. The van der Waals surface area contributed by atoms with E-state index in [1.807, 2.05) is 19.1 Å². The van der Waals surface area contributed by atoms with Crippen molar-refractivity contribution in [1.82, 2.24) is 25.2 Å². The summed E-state index contributed by atoms with van der Waals surface area (Å²) in [5.41, 5.74) is 0.650. The number of carbonyl (C=O) groups is 2. The summed E-state index contributed by atoms with van der Waals surface area (Å²) in [6.07, 6.45) is -2.73. The third kappa shape index (κ3) is 6.42. The first-order chi connectivity index (χ1) is 12.8. The molecule has 8 nitrogen and oxygen atoms in total. The monoisotopic (exact) mass is 387 g/mol. The molecule has 2 N–H and O–H groups in total. The summed E-state index contributed by atoms with van der Waals surface area (Å²) < 4.78 is 41.6. The van der Waals surface area contributed by atoms with E-state index in [1.165, 1.54) is 0 Å². The van der Waals surface area contributed by atoms with Gasteiger partial charge in [-0.2, -0.15) is 13.2 Å². The lowest BCUT2D eigenvalue weighted by atomic mass is 10.1. The normalized spacial score (nSPS) is 12.6. The second-order valence-corrected chi connectivity index (χ2v) is 5.76. The minimum Gasteiger partial charge on any atom is -0.440 e. The van der Waals surface area contributed by atoms with Gasteiger partial charge in [0, 0.05) is 19.2 Å². The molecule has 0 saturated carbocycles. The second-order valence-electron chi connectivity index (χ2n) is 5.76. The fraction of sp³-hybridized carbons (Fsp3) is 0.500. The molecule has 148 valence electrons. The van der Waals surface area contributed by atoms with Crippen LogP contribution in [0.2, 0.25) is 0 Å². The van der Waals surface area contributed by atoms with E-state index in [0.29, 0.717) is 17.9 Å². The highest BCUT2D eigenvalue weighted by Gasteiger charge is 2.29. The van der Waals surface area contributed by atoms with E-state index in [4.69, 9.17) is 0 Å². The number of halogens is 3. The SMILES string of the molecule is CCC[C@H](NC(=O)CCNC(=O)OCC(F)(F)F)c1nnc2ccccn12. The topological polar surface area (TPSA) is 97.6 Å². The van der Waals surface area contributed by atoms with Crippen molar-refractivity contribution in [3.05, 3.63) is 30.2 Å². The lowest BCUT2D eigenvalue weighted by molar-refractivity contribution is -0.160. The Hall–Kier alpha value is -2.85. The van der Waals surface area contributed by atoms with Crippen LogP contribution in [0.3, 0.4) is 0 Å². The number of amides is 2. The zero-order valence-electron chi connectivity index (χ0n) is 14.6. The lowest BCUT2D eigenvalue weighted by Gasteiger charge is -2.17. The molecule has 2 aromatic heterocycles. The van der Waals surface area contributed by atoms with E-state index in [-0.39, 0.29) is 24.9 Å². The van der Waals surface area contributed by atoms with Gasteiger partial charge in [-0.3, -0.25) is 9.20 Å². The molecule has 0 unspecified atom stereocenters. The van der Waals surface area contributed by atoms with Gasteiger partial charge in [0.25, 0.3) is 0 Å². The zero-order chi connectivity index (χ0) is 19.9. The van der Waals surface area contributed by atoms with Crippen LogP contribution >= 0.6 is 0 Å². The number of nitrogens with zero attached hydrogens (tertiary/aromatic N) is 3. The van der Waals surface area contributed by atoms with Crippen LogP contribution in [0.5, 0.6) is 0 Å². The van der Waals surface area contributed by atoms with Crippen molar-refractivity contribution in [2.75, 3.05) is 13.2 Å². The first-order valence-electron chi connectivity index (χ1n) is 8.36. The molecule has 2 heterocycles. The standard InChI is InChI=1S/C16H20F3N5O3/c1-2-5-11(14-23-22-12-6-3-4-9-24(12)14)21-13(25)7-8-20-15(26)27-10-16(17,18)19/h3-4,6,9,11H,2,5,7-8,10H2,1H3,(H,20,26)(H,21,25)/t11-/m0/s1. The average molecular weight is 387 g/mol. The number of nitrogens with one attached hydrogen (secondary N) is 2. The molecule has 0 radical (unpaired) electrons. The van der Waals surface area contributed by atoms with Gasteiger partial charge in [-0.05, 0) is 18.6 Å². The van der Waals surface area contributed by atoms with Crippen molar-refractivity contribution >= 4 is 17.6 Å². The third-order valence-electron chi connectivity index (χ3n) is 3.55. The second kappa shape index (κ2) is 9.19. The van der Waals surface area contributed by atoms with Gasteiger partial charge in [-0.15, -0.1) is 10.2 Å². The summed E-state index contributed by atoms with van der Waals surface area (Å²) in [6, 6.07) is 5.06. The molecular formula is C16H20F3N5O3. The molecule has 1 atom stereocenters. The first kappa shape index (κ1) is 20.5. The van der Waals surface area contributed by atoms with Crippen molar-refractivity contribution in [2.45, 2.75) is 38.4 Å². The molecule has 0 aliphatic carbocycles. The predicted octanol–water partition coefficient (Wildman–Crippen LogP) is 2.37. The highest BCUT2D eigenvalue weighted by atomic mass is 19.4. The van der Waals surface area contributed by atoms with Gasteiger partial charge in [0.1, 0.15) is 0 Å². The van der Waals surface area contributed by atoms with E-state index in [2.05, 4.69) is 25.6 Å². The number of alkyl halides is 3. The Morgan fingerprint density at radius 3 is 2.78 bits per heavy atom. The minimum atomic E-state index is -4.59. The number of alkyl carbamates (subject to hydrolysis) is 1. The van der Waals surface area contributed by atoms with Crippen molar-refractivity contribution < 1.29 is 27.5 Å². The highest BCUT2D eigenvalue weighted by molar-refractivity contribution is 5.77. The Morgan fingerprint density at radius 2 is 2.07 bits per heavy atom. The Kier molecular flexibility index (Phi) is 6.97. The smallest absolute Gasteiger partial charge is 0.422 e. The summed E-state index contributed by atoms with van der Waals surface area (Å²) in [7, 11) is 0. The van der Waals surface area contributed by atoms with Crippen LogP contribution in [0.15, 0.2) is 24.4 Å². The summed E-state index contributed by atoms with van der Waals surface area (Å²) in [4.78, 5) is 23.3. The molecule has 0 aliphatic heterocycles. The largest absolute Gasteiger partial charge is 0.440 e. The van der Waals surface area contributed by atoms with Gasteiger partial charge in [0.2, 0.25) is 5.91 Å². The van der Waals surface area contributed by atoms with Gasteiger partial charge in [0.05, 0.1) is 6.04 Å². The molecule has 0 spiro atoms. The Labute approximate surface area is 153 Å². The van der Waals surface area contributed by atoms with Crippen LogP contribution in [0.1, 0.15) is 38.1 Å². The van der Waals surface area contributed by atoms with Crippen LogP contribution < -0.4 is 10.6 Å². The third-order valence-corrected chi connectivity index (χ3v) is 3.55. The molecule has 2 aromatic rings. The zero-order valence-corrected chi connectivity index (χ0v) is 14.6. The highest BCUT2D eigenvalue weighted by Crippen LogP contribution is 2.18. The van der Waals surface area contributed by atoms with E-state index < -0.39 is 18.9 Å². The maximum atomic E-state index is 12.1. The predicted molar refractivity (Wildman–Crippen MR) is 88.8 cm³/mol. The molecular weight excluding hydrogens is 367 g/mol. The molecule has 0 aliphatic rings. The van der Waals surface area contributed by atoms with Crippen LogP contribution in [0.25, 0.3) is 5.65 Å². The lowest BCUT2D eigenvalue weighted by Crippen LogP contribution is -2.34. The number of hydrogen-bond donors (Lipinski definition) is 2. The number of ether oxygens (including phenoxy) is 1. The maximum Gasteiger partial charge on any atom is 0.422 e. The number of carbonyl (C=O) groups excluding carboxylic acids is 2. The molecule has 11 heteroatoms. The molecule has 2 rings (SSSR count). The maximum absolute atomic E-state index is 12.1. The van der Waals surface area contributed by atoms with Crippen LogP contribution in [-0.4, -0.2) is 45.9 Å². The van der Waals surface area contributed by atoms with Gasteiger partial charge in [-0.1, -0.05) is 19.4 Å². The molecule has 0 bridgehead atoms. The van der Waals surface area contributed by atoms with Crippen molar-refractivity contribution in [1.29, 1.82) is 0 Å². The number of hydrogen-bond acceptors (Lipinski definition) is 5. The van der Waals surface area contributed by atoms with Gasteiger partial charge < -0.3 is 15.4 Å². The van der Waals surface area contributed by atoms with Crippen LogP contribution in [0, 0.1) is 0 Å². The molecule has 27 heavy (non-hydrogen) atoms.